The average Bonchev–Trinajstić information content (AvgIpc) is 2.23. The highest BCUT2D eigenvalue weighted by atomic mass is 16.3. The van der Waals surface area contributed by atoms with Crippen LogP contribution in [-0.2, 0) is 11.2 Å². The van der Waals surface area contributed by atoms with E-state index in [4.69, 9.17) is 5.11 Å². The van der Waals surface area contributed by atoms with E-state index in [-0.39, 0.29) is 12.0 Å². The number of carbonyl (C=O) groups is 1. The summed E-state index contributed by atoms with van der Waals surface area (Å²) in [4.78, 5) is 11.7. The molecular weight excluding hydrogens is 214 g/mol. The van der Waals surface area contributed by atoms with Crippen LogP contribution in [0.1, 0.15) is 24.0 Å². The molecule has 1 saturated carbocycles. The molecule has 1 amide bonds. The summed E-state index contributed by atoms with van der Waals surface area (Å²) in [6, 6.07) is 8.00. The average molecular weight is 233 g/mol. The number of aliphatic hydroxyl groups is 1. The van der Waals surface area contributed by atoms with Crippen molar-refractivity contribution in [3.8, 4) is 0 Å². The van der Waals surface area contributed by atoms with Crippen LogP contribution >= 0.6 is 0 Å². The van der Waals surface area contributed by atoms with Crippen LogP contribution in [0, 0.1) is 12.8 Å². The summed E-state index contributed by atoms with van der Waals surface area (Å²) in [7, 11) is 0. The SMILES string of the molecule is Cc1cccc(CC(=O)NCC2CC(O)C2)c1. The maximum atomic E-state index is 11.7. The number of hydrogen-bond acceptors (Lipinski definition) is 2. The second-order valence-corrected chi connectivity index (χ2v) is 4.96. The zero-order valence-corrected chi connectivity index (χ0v) is 10.1. The number of nitrogens with one attached hydrogen (secondary N) is 1. The Kier molecular flexibility index (Phi) is 3.79. The van der Waals surface area contributed by atoms with Gasteiger partial charge in [0.1, 0.15) is 0 Å². The topological polar surface area (TPSA) is 49.3 Å². The number of benzene rings is 1. The van der Waals surface area contributed by atoms with Crippen molar-refractivity contribution in [1.82, 2.24) is 5.32 Å². The lowest BCUT2D eigenvalue weighted by Gasteiger charge is -2.31. The van der Waals surface area contributed by atoms with Crippen molar-refractivity contribution in [2.45, 2.75) is 32.3 Å². The molecular formula is C14H19NO2. The first-order valence-corrected chi connectivity index (χ1v) is 6.14. The summed E-state index contributed by atoms with van der Waals surface area (Å²) in [5.74, 6) is 0.531. The van der Waals surface area contributed by atoms with Gasteiger partial charge in [0.05, 0.1) is 12.5 Å². The van der Waals surface area contributed by atoms with Crippen molar-refractivity contribution in [1.29, 1.82) is 0 Å². The molecule has 1 aromatic rings. The van der Waals surface area contributed by atoms with Gasteiger partial charge in [-0.2, -0.15) is 0 Å². The van der Waals surface area contributed by atoms with E-state index in [2.05, 4.69) is 5.32 Å². The number of rotatable bonds is 4. The number of hydrogen-bond donors (Lipinski definition) is 2. The van der Waals surface area contributed by atoms with Gasteiger partial charge in [0.15, 0.2) is 0 Å². The first-order valence-electron chi connectivity index (χ1n) is 6.14. The van der Waals surface area contributed by atoms with Crippen molar-refractivity contribution in [3.05, 3.63) is 35.4 Å². The lowest BCUT2D eigenvalue weighted by atomic mass is 9.82. The predicted molar refractivity (Wildman–Crippen MR) is 66.6 cm³/mol. The minimum atomic E-state index is -0.145. The Labute approximate surface area is 102 Å². The monoisotopic (exact) mass is 233 g/mol. The minimum Gasteiger partial charge on any atom is -0.393 e. The van der Waals surface area contributed by atoms with Gasteiger partial charge in [-0.3, -0.25) is 4.79 Å². The number of amides is 1. The summed E-state index contributed by atoms with van der Waals surface area (Å²) in [5, 5.41) is 12.1. The normalized spacial score (nSPS) is 22.9. The van der Waals surface area contributed by atoms with Crippen LogP contribution in [0.3, 0.4) is 0 Å². The van der Waals surface area contributed by atoms with E-state index in [1.54, 1.807) is 0 Å². The highest BCUT2D eigenvalue weighted by Gasteiger charge is 2.26. The van der Waals surface area contributed by atoms with E-state index >= 15 is 0 Å². The fourth-order valence-corrected chi connectivity index (χ4v) is 2.20. The van der Waals surface area contributed by atoms with Crippen molar-refractivity contribution in [2.75, 3.05) is 6.54 Å². The van der Waals surface area contributed by atoms with E-state index < -0.39 is 0 Å². The summed E-state index contributed by atoms with van der Waals surface area (Å²) < 4.78 is 0. The van der Waals surface area contributed by atoms with Crippen LogP contribution < -0.4 is 5.32 Å². The second kappa shape index (κ2) is 5.32. The minimum absolute atomic E-state index is 0.0667. The molecule has 1 fully saturated rings. The van der Waals surface area contributed by atoms with Gasteiger partial charge in [-0.1, -0.05) is 29.8 Å². The molecule has 0 radical (unpaired) electrons. The molecule has 0 aliphatic heterocycles. The summed E-state index contributed by atoms with van der Waals surface area (Å²) >= 11 is 0. The largest absolute Gasteiger partial charge is 0.393 e. The first kappa shape index (κ1) is 12.1. The summed E-state index contributed by atoms with van der Waals surface area (Å²) in [6.07, 6.45) is 1.94. The van der Waals surface area contributed by atoms with Crippen LogP contribution in [0.4, 0.5) is 0 Å². The van der Waals surface area contributed by atoms with Crippen LogP contribution in [-0.4, -0.2) is 23.7 Å². The van der Waals surface area contributed by atoms with Gasteiger partial charge in [0.2, 0.25) is 5.91 Å². The molecule has 0 unspecified atom stereocenters. The van der Waals surface area contributed by atoms with E-state index in [0.29, 0.717) is 18.9 Å². The zero-order valence-electron chi connectivity index (χ0n) is 10.1. The van der Waals surface area contributed by atoms with Gasteiger partial charge < -0.3 is 10.4 Å². The molecule has 0 bridgehead atoms. The third-order valence-electron chi connectivity index (χ3n) is 3.25. The maximum Gasteiger partial charge on any atom is 0.224 e. The van der Waals surface area contributed by atoms with Gasteiger partial charge >= 0.3 is 0 Å². The van der Waals surface area contributed by atoms with Gasteiger partial charge in [-0.15, -0.1) is 0 Å². The quantitative estimate of drug-likeness (QED) is 0.826. The summed E-state index contributed by atoms with van der Waals surface area (Å²) in [5.41, 5.74) is 2.23. The number of aryl methyl sites for hydroxylation is 1. The van der Waals surface area contributed by atoms with Gasteiger partial charge in [0.25, 0.3) is 0 Å². The lowest BCUT2D eigenvalue weighted by Crippen LogP contribution is -2.38. The van der Waals surface area contributed by atoms with Gasteiger partial charge in [0, 0.05) is 6.54 Å². The first-order chi connectivity index (χ1) is 8.13. The molecule has 1 aliphatic rings. The smallest absolute Gasteiger partial charge is 0.224 e. The van der Waals surface area contributed by atoms with Crippen LogP contribution in [0.15, 0.2) is 24.3 Å². The molecule has 0 spiro atoms. The second-order valence-electron chi connectivity index (χ2n) is 4.96. The maximum absolute atomic E-state index is 11.7. The predicted octanol–water partition coefficient (Wildman–Crippen LogP) is 1.42. The molecule has 92 valence electrons. The van der Waals surface area contributed by atoms with Crippen LogP contribution in [0.5, 0.6) is 0 Å². The van der Waals surface area contributed by atoms with E-state index in [9.17, 15) is 4.79 Å². The Morgan fingerprint density at radius 2 is 2.24 bits per heavy atom. The van der Waals surface area contributed by atoms with Crippen molar-refractivity contribution in [3.63, 3.8) is 0 Å². The Hall–Kier alpha value is -1.35. The molecule has 17 heavy (non-hydrogen) atoms. The molecule has 0 heterocycles. The van der Waals surface area contributed by atoms with Crippen LogP contribution in [0.25, 0.3) is 0 Å². The summed E-state index contributed by atoms with van der Waals surface area (Å²) in [6.45, 7) is 2.72. The Morgan fingerprint density at radius 3 is 2.88 bits per heavy atom. The standard InChI is InChI=1S/C14H19NO2/c1-10-3-2-4-11(5-10)8-14(17)15-9-12-6-13(16)7-12/h2-5,12-13,16H,6-9H2,1H3,(H,15,17). The lowest BCUT2D eigenvalue weighted by molar-refractivity contribution is -0.121. The van der Waals surface area contributed by atoms with E-state index in [1.807, 2.05) is 31.2 Å². The molecule has 3 heteroatoms. The van der Waals surface area contributed by atoms with Crippen LogP contribution in [0.2, 0.25) is 0 Å². The fourth-order valence-electron chi connectivity index (χ4n) is 2.20. The Morgan fingerprint density at radius 1 is 1.47 bits per heavy atom. The van der Waals surface area contributed by atoms with Gasteiger partial charge in [-0.05, 0) is 31.2 Å². The van der Waals surface area contributed by atoms with Crippen molar-refractivity contribution in [2.24, 2.45) is 5.92 Å². The third kappa shape index (κ3) is 3.56. The highest BCUT2D eigenvalue weighted by Crippen LogP contribution is 2.26. The molecule has 2 N–H and O–H groups in total. The Balaban J connectivity index is 1.73. The molecule has 0 atom stereocenters. The van der Waals surface area contributed by atoms with E-state index in [0.717, 1.165) is 18.4 Å². The molecule has 0 aromatic heterocycles. The molecule has 0 saturated heterocycles. The zero-order chi connectivity index (χ0) is 12.3. The molecule has 3 nitrogen and oxygen atoms in total. The third-order valence-corrected chi connectivity index (χ3v) is 3.25. The fraction of sp³-hybridized carbons (Fsp3) is 0.500. The number of carbonyl (C=O) groups excluding carboxylic acids is 1. The van der Waals surface area contributed by atoms with E-state index in [1.165, 1.54) is 5.56 Å². The molecule has 1 aromatic carbocycles. The molecule has 1 aliphatic carbocycles. The molecule has 2 rings (SSSR count). The van der Waals surface area contributed by atoms with Gasteiger partial charge in [-0.25, -0.2) is 0 Å². The Bertz CT molecular complexity index is 397. The number of aliphatic hydroxyl groups excluding tert-OH is 1. The van der Waals surface area contributed by atoms with Crippen molar-refractivity contribution < 1.29 is 9.90 Å². The van der Waals surface area contributed by atoms with Crippen molar-refractivity contribution >= 4 is 5.91 Å². The highest BCUT2D eigenvalue weighted by molar-refractivity contribution is 5.78.